The number of thioether (sulfide) groups is 1. The SMILES string of the molecule is CSCC[C@@H](N)C(=O)NC1CCCOC1. The fourth-order valence-electron chi connectivity index (χ4n) is 1.54. The molecule has 1 aliphatic heterocycles. The van der Waals surface area contributed by atoms with E-state index in [2.05, 4.69) is 5.32 Å². The Kier molecular flexibility index (Phi) is 6.05. The Labute approximate surface area is 95.3 Å². The number of carbonyl (C=O) groups excluding carboxylic acids is 1. The van der Waals surface area contributed by atoms with Crippen LogP contribution in [0.15, 0.2) is 0 Å². The minimum atomic E-state index is -0.376. The Balaban J connectivity index is 2.20. The summed E-state index contributed by atoms with van der Waals surface area (Å²) < 4.78 is 5.28. The lowest BCUT2D eigenvalue weighted by atomic mass is 10.1. The van der Waals surface area contributed by atoms with Gasteiger partial charge in [-0.25, -0.2) is 0 Å². The predicted molar refractivity (Wildman–Crippen MR) is 63.0 cm³/mol. The zero-order valence-corrected chi connectivity index (χ0v) is 10.0. The smallest absolute Gasteiger partial charge is 0.237 e. The van der Waals surface area contributed by atoms with E-state index in [0.29, 0.717) is 6.61 Å². The monoisotopic (exact) mass is 232 g/mol. The highest BCUT2D eigenvalue weighted by Crippen LogP contribution is 2.06. The highest BCUT2D eigenvalue weighted by Gasteiger charge is 2.19. The van der Waals surface area contributed by atoms with Gasteiger partial charge in [0.25, 0.3) is 0 Å². The average molecular weight is 232 g/mol. The van der Waals surface area contributed by atoms with Gasteiger partial charge in [0.05, 0.1) is 18.7 Å². The van der Waals surface area contributed by atoms with Gasteiger partial charge in [0, 0.05) is 6.61 Å². The van der Waals surface area contributed by atoms with Crippen LogP contribution in [0, 0.1) is 0 Å². The van der Waals surface area contributed by atoms with Crippen LogP contribution in [0.3, 0.4) is 0 Å². The van der Waals surface area contributed by atoms with E-state index in [1.54, 1.807) is 11.8 Å². The molecule has 1 aliphatic rings. The van der Waals surface area contributed by atoms with Gasteiger partial charge in [-0.3, -0.25) is 4.79 Å². The third-order valence-corrected chi connectivity index (χ3v) is 3.12. The van der Waals surface area contributed by atoms with Gasteiger partial charge in [0.2, 0.25) is 5.91 Å². The van der Waals surface area contributed by atoms with Gasteiger partial charge in [-0.15, -0.1) is 0 Å². The maximum atomic E-state index is 11.6. The molecule has 0 bridgehead atoms. The molecule has 1 amide bonds. The summed E-state index contributed by atoms with van der Waals surface area (Å²) in [7, 11) is 0. The molecule has 0 spiro atoms. The first-order chi connectivity index (χ1) is 7.24. The number of hydrogen-bond acceptors (Lipinski definition) is 4. The number of rotatable bonds is 5. The fraction of sp³-hybridized carbons (Fsp3) is 0.900. The summed E-state index contributed by atoms with van der Waals surface area (Å²) in [6, 6.07) is -0.217. The van der Waals surface area contributed by atoms with Gasteiger partial charge >= 0.3 is 0 Å². The first-order valence-electron chi connectivity index (χ1n) is 5.36. The van der Waals surface area contributed by atoms with Crippen molar-refractivity contribution in [3.05, 3.63) is 0 Å². The van der Waals surface area contributed by atoms with Crippen LogP contribution in [0.4, 0.5) is 0 Å². The minimum absolute atomic E-state index is 0.0421. The quantitative estimate of drug-likeness (QED) is 0.718. The number of carbonyl (C=O) groups is 1. The van der Waals surface area contributed by atoms with E-state index in [0.717, 1.165) is 31.6 Å². The first kappa shape index (κ1) is 12.8. The minimum Gasteiger partial charge on any atom is -0.379 e. The van der Waals surface area contributed by atoms with E-state index in [1.165, 1.54) is 0 Å². The fourth-order valence-corrected chi connectivity index (χ4v) is 2.03. The molecule has 1 unspecified atom stereocenters. The maximum absolute atomic E-state index is 11.6. The number of hydrogen-bond donors (Lipinski definition) is 2. The highest BCUT2D eigenvalue weighted by molar-refractivity contribution is 7.98. The van der Waals surface area contributed by atoms with Gasteiger partial charge < -0.3 is 15.8 Å². The van der Waals surface area contributed by atoms with Crippen LogP contribution in [0.5, 0.6) is 0 Å². The van der Waals surface area contributed by atoms with Crippen LogP contribution in [0.2, 0.25) is 0 Å². The second-order valence-electron chi connectivity index (χ2n) is 3.81. The summed E-state index contributed by atoms with van der Waals surface area (Å²) in [5.41, 5.74) is 5.75. The van der Waals surface area contributed by atoms with Crippen LogP contribution in [0.1, 0.15) is 19.3 Å². The largest absolute Gasteiger partial charge is 0.379 e. The summed E-state index contributed by atoms with van der Waals surface area (Å²) in [4.78, 5) is 11.6. The second-order valence-corrected chi connectivity index (χ2v) is 4.80. The molecular weight excluding hydrogens is 212 g/mol. The molecule has 0 radical (unpaired) electrons. The third-order valence-electron chi connectivity index (χ3n) is 2.48. The molecule has 3 N–H and O–H groups in total. The van der Waals surface area contributed by atoms with Gasteiger partial charge in [0.1, 0.15) is 0 Å². The summed E-state index contributed by atoms with van der Waals surface area (Å²) in [5, 5.41) is 2.93. The Bertz CT molecular complexity index is 196. The summed E-state index contributed by atoms with van der Waals surface area (Å²) in [6.45, 7) is 1.44. The van der Waals surface area contributed by atoms with Crippen LogP contribution in [-0.4, -0.2) is 43.2 Å². The molecule has 5 heteroatoms. The molecular formula is C10H20N2O2S. The molecule has 1 rings (SSSR count). The molecule has 0 saturated carbocycles. The standard InChI is InChI=1S/C10H20N2O2S/c1-15-6-4-9(11)10(13)12-8-3-2-5-14-7-8/h8-9H,2-7,11H2,1H3,(H,12,13)/t8?,9-/m1/s1. The lowest BCUT2D eigenvalue weighted by Gasteiger charge is -2.24. The zero-order chi connectivity index (χ0) is 11.1. The Morgan fingerprint density at radius 3 is 3.13 bits per heavy atom. The summed E-state index contributed by atoms with van der Waals surface area (Å²) in [5.74, 6) is 0.884. The molecule has 0 aliphatic carbocycles. The summed E-state index contributed by atoms with van der Waals surface area (Å²) in [6.07, 6.45) is 4.77. The van der Waals surface area contributed by atoms with Gasteiger partial charge in [-0.1, -0.05) is 0 Å². The van der Waals surface area contributed by atoms with E-state index in [4.69, 9.17) is 10.5 Å². The topological polar surface area (TPSA) is 64.4 Å². The van der Waals surface area contributed by atoms with E-state index in [1.807, 2.05) is 6.26 Å². The van der Waals surface area contributed by atoms with Crippen molar-refractivity contribution in [1.29, 1.82) is 0 Å². The van der Waals surface area contributed by atoms with Gasteiger partial charge in [-0.2, -0.15) is 11.8 Å². The molecule has 1 fully saturated rings. The van der Waals surface area contributed by atoms with Crippen molar-refractivity contribution in [2.24, 2.45) is 5.73 Å². The number of nitrogens with one attached hydrogen (secondary N) is 1. The van der Waals surface area contributed by atoms with Crippen LogP contribution < -0.4 is 11.1 Å². The molecule has 1 saturated heterocycles. The number of ether oxygens (including phenoxy) is 1. The average Bonchev–Trinajstić information content (AvgIpc) is 2.27. The first-order valence-corrected chi connectivity index (χ1v) is 6.76. The van der Waals surface area contributed by atoms with Crippen molar-refractivity contribution in [1.82, 2.24) is 5.32 Å². The predicted octanol–water partition coefficient (Wildman–Crippen LogP) is 0.362. The van der Waals surface area contributed by atoms with Gasteiger partial charge in [-0.05, 0) is 31.3 Å². The lowest BCUT2D eigenvalue weighted by Crippen LogP contribution is -2.48. The molecule has 88 valence electrons. The van der Waals surface area contributed by atoms with Crippen LogP contribution >= 0.6 is 11.8 Å². The van der Waals surface area contributed by atoms with Crippen molar-refractivity contribution in [2.75, 3.05) is 25.2 Å². The maximum Gasteiger partial charge on any atom is 0.237 e. The van der Waals surface area contributed by atoms with Crippen molar-refractivity contribution >= 4 is 17.7 Å². The van der Waals surface area contributed by atoms with E-state index >= 15 is 0 Å². The van der Waals surface area contributed by atoms with Gasteiger partial charge in [0.15, 0.2) is 0 Å². The molecule has 2 atom stereocenters. The molecule has 15 heavy (non-hydrogen) atoms. The zero-order valence-electron chi connectivity index (χ0n) is 9.20. The second kappa shape index (κ2) is 7.09. The number of nitrogens with two attached hydrogens (primary N) is 1. The Morgan fingerprint density at radius 2 is 2.53 bits per heavy atom. The van der Waals surface area contributed by atoms with Crippen molar-refractivity contribution in [3.63, 3.8) is 0 Å². The van der Waals surface area contributed by atoms with Crippen molar-refractivity contribution in [2.45, 2.75) is 31.3 Å². The van der Waals surface area contributed by atoms with Crippen LogP contribution in [-0.2, 0) is 9.53 Å². The third kappa shape index (κ3) is 4.86. The molecule has 0 aromatic carbocycles. The Hall–Kier alpha value is -0.260. The molecule has 0 aromatic rings. The number of amides is 1. The summed E-state index contributed by atoms with van der Waals surface area (Å²) >= 11 is 1.71. The van der Waals surface area contributed by atoms with Crippen molar-refractivity contribution in [3.8, 4) is 0 Å². The molecule has 4 nitrogen and oxygen atoms in total. The molecule has 1 heterocycles. The van der Waals surface area contributed by atoms with E-state index in [-0.39, 0.29) is 18.0 Å². The van der Waals surface area contributed by atoms with Crippen molar-refractivity contribution < 1.29 is 9.53 Å². The van der Waals surface area contributed by atoms with E-state index < -0.39 is 0 Å². The molecule has 0 aromatic heterocycles. The van der Waals surface area contributed by atoms with Crippen LogP contribution in [0.25, 0.3) is 0 Å². The highest BCUT2D eigenvalue weighted by atomic mass is 32.2. The Morgan fingerprint density at radius 1 is 1.73 bits per heavy atom. The lowest BCUT2D eigenvalue weighted by molar-refractivity contribution is -0.124. The van der Waals surface area contributed by atoms with E-state index in [9.17, 15) is 4.79 Å². The normalized spacial score (nSPS) is 23.5.